The molecule has 4 rings (SSSR count). The first kappa shape index (κ1) is 18.5. The molecule has 2 nitrogen and oxygen atoms in total. The minimum absolute atomic E-state index is 0.0526. The lowest BCUT2D eigenvalue weighted by atomic mass is 10.0. The monoisotopic (exact) mass is 375 g/mol. The largest absolute Gasteiger partial charge is 0.306 e. The van der Waals surface area contributed by atoms with Crippen LogP contribution in [0.15, 0.2) is 103 Å². The third kappa shape index (κ3) is 4.54. The van der Waals surface area contributed by atoms with Crippen molar-refractivity contribution < 1.29 is 4.79 Å². The number of hydrogen-bond acceptors (Lipinski definition) is 1. The van der Waals surface area contributed by atoms with E-state index in [0.717, 1.165) is 27.9 Å². The molecule has 0 atom stereocenters. The van der Waals surface area contributed by atoms with Gasteiger partial charge in [0.2, 0.25) is 5.91 Å². The molecule has 1 amide bonds. The van der Waals surface area contributed by atoms with E-state index in [1.807, 2.05) is 108 Å². The summed E-state index contributed by atoms with van der Waals surface area (Å²) < 4.78 is 0. The standard InChI is InChI=1S/C27H21NO/c29-27(20-22-12-6-4-2-1-3-5-7-13-22)28-21-25-16-9-8-14-23(25)18-19-24-15-10-11-17-26(24)28/h1-17H,20-21H2. The maximum Gasteiger partial charge on any atom is 0.231 e. The van der Waals surface area contributed by atoms with E-state index < -0.39 is 0 Å². The normalized spacial score (nSPS) is 11.5. The molecular formula is C27H21NO. The summed E-state index contributed by atoms with van der Waals surface area (Å²) in [7, 11) is 0. The van der Waals surface area contributed by atoms with Crippen LogP contribution in [-0.4, -0.2) is 5.91 Å². The summed E-state index contributed by atoms with van der Waals surface area (Å²) in [5.74, 6) is 6.55. The molecule has 0 saturated carbocycles. The van der Waals surface area contributed by atoms with Gasteiger partial charge in [-0.1, -0.05) is 96.8 Å². The highest BCUT2D eigenvalue weighted by molar-refractivity contribution is 5.96. The fraction of sp³-hybridized carbons (Fsp3) is 0.0741. The number of carbonyl (C=O) groups excluding carboxylic acids is 1. The predicted octanol–water partition coefficient (Wildman–Crippen LogP) is 5.30. The fourth-order valence-corrected chi connectivity index (χ4v) is 3.33. The second-order valence-electron chi connectivity index (χ2n) is 6.84. The van der Waals surface area contributed by atoms with Gasteiger partial charge in [-0.2, -0.15) is 0 Å². The third-order valence-electron chi connectivity index (χ3n) is 4.82. The van der Waals surface area contributed by atoms with Crippen molar-refractivity contribution in [1.29, 1.82) is 0 Å². The van der Waals surface area contributed by atoms with Crippen molar-refractivity contribution in [3.63, 3.8) is 0 Å². The molecule has 1 aliphatic rings. The Balaban J connectivity index is 1.73. The predicted molar refractivity (Wildman–Crippen MR) is 118 cm³/mol. The molecule has 0 fully saturated rings. The number of carbonyl (C=O) groups is 1. The van der Waals surface area contributed by atoms with Crippen molar-refractivity contribution in [2.24, 2.45) is 0 Å². The third-order valence-corrected chi connectivity index (χ3v) is 4.82. The molecular weight excluding hydrogens is 354 g/mol. The van der Waals surface area contributed by atoms with Crippen molar-refractivity contribution in [3.8, 4) is 11.8 Å². The van der Waals surface area contributed by atoms with E-state index in [1.54, 1.807) is 0 Å². The van der Waals surface area contributed by atoms with Crippen molar-refractivity contribution in [1.82, 2.24) is 0 Å². The van der Waals surface area contributed by atoms with Gasteiger partial charge in [-0.15, -0.1) is 0 Å². The molecule has 0 spiro atoms. The van der Waals surface area contributed by atoms with E-state index in [0.29, 0.717) is 13.0 Å². The lowest BCUT2D eigenvalue weighted by Crippen LogP contribution is -2.33. The van der Waals surface area contributed by atoms with Crippen molar-refractivity contribution in [3.05, 3.63) is 125 Å². The van der Waals surface area contributed by atoms with E-state index in [4.69, 9.17) is 0 Å². The van der Waals surface area contributed by atoms with Gasteiger partial charge < -0.3 is 4.90 Å². The maximum atomic E-state index is 13.4. The summed E-state index contributed by atoms with van der Waals surface area (Å²) in [5, 5.41) is 0. The zero-order valence-corrected chi connectivity index (χ0v) is 16.1. The molecule has 0 aromatic heterocycles. The minimum Gasteiger partial charge on any atom is -0.306 e. The maximum absolute atomic E-state index is 13.4. The van der Waals surface area contributed by atoms with Crippen LogP contribution in [0.25, 0.3) is 0 Å². The Labute approximate surface area is 171 Å². The quantitative estimate of drug-likeness (QED) is 0.557. The number of hydrogen-bond donors (Lipinski definition) is 0. The van der Waals surface area contributed by atoms with Crippen LogP contribution in [0.3, 0.4) is 0 Å². The number of amides is 1. The molecule has 0 aliphatic carbocycles. The summed E-state index contributed by atoms with van der Waals surface area (Å²) in [4.78, 5) is 15.3. The Hall–Kier alpha value is -3.83. The smallest absolute Gasteiger partial charge is 0.231 e. The summed E-state index contributed by atoms with van der Waals surface area (Å²) in [6, 6.07) is 33.6. The summed E-state index contributed by atoms with van der Waals surface area (Å²) in [6.07, 6.45) is 0.322. The van der Waals surface area contributed by atoms with Crippen LogP contribution in [0.2, 0.25) is 0 Å². The highest BCUT2D eigenvalue weighted by atomic mass is 16.2. The molecule has 0 N–H and O–H groups in total. The molecule has 0 radical (unpaired) electrons. The van der Waals surface area contributed by atoms with Gasteiger partial charge in [0.05, 0.1) is 18.7 Å². The highest BCUT2D eigenvalue weighted by Crippen LogP contribution is 2.26. The van der Waals surface area contributed by atoms with Crippen molar-refractivity contribution >= 4 is 11.6 Å². The Morgan fingerprint density at radius 1 is 0.690 bits per heavy atom. The highest BCUT2D eigenvalue weighted by Gasteiger charge is 2.21. The topological polar surface area (TPSA) is 20.3 Å². The first-order valence-electron chi connectivity index (χ1n) is 9.68. The summed E-state index contributed by atoms with van der Waals surface area (Å²) >= 11 is 0. The van der Waals surface area contributed by atoms with Gasteiger partial charge in [0.1, 0.15) is 0 Å². The van der Waals surface area contributed by atoms with Crippen LogP contribution in [0.1, 0.15) is 22.3 Å². The first-order valence-corrected chi connectivity index (χ1v) is 9.68. The summed E-state index contributed by atoms with van der Waals surface area (Å²) in [6.45, 7) is 0.510. The molecule has 0 unspecified atom stereocenters. The molecule has 1 heterocycles. The first-order chi connectivity index (χ1) is 14.3. The molecule has 29 heavy (non-hydrogen) atoms. The minimum atomic E-state index is 0.0526. The number of nitrogens with zero attached hydrogens (tertiary/aromatic N) is 1. The molecule has 1 aliphatic heterocycles. The van der Waals surface area contributed by atoms with Gasteiger partial charge in [-0.25, -0.2) is 0 Å². The number of fused-ring (bicyclic) bond motifs is 2. The van der Waals surface area contributed by atoms with E-state index in [1.165, 1.54) is 0 Å². The number of benzene rings is 2. The van der Waals surface area contributed by atoms with Gasteiger partial charge >= 0.3 is 0 Å². The zero-order chi connectivity index (χ0) is 19.9. The molecule has 0 saturated heterocycles. The summed E-state index contributed by atoms with van der Waals surface area (Å²) in [5.41, 5.74) is 4.73. The Bertz CT molecular complexity index is 1130. The number of para-hydroxylation sites is 1. The zero-order valence-electron chi connectivity index (χ0n) is 16.1. The molecule has 3 aromatic rings. The van der Waals surface area contributed by atoms with Crippen LogP contribution in [0.4, 0.5) is 5.69 Å². The fourth-order valence-electron chi connectivity index (χ4n) is 3.33. The Morgan fingerprint density at radius 2 is 1.24 bits per heavy atom. The Morgan fingerprint density at radius 3 is 2.00 bits per heavy atom. The lowest BCUT2D eigenvalue weighted by Gasteiger charge is -2.26. The Kier molecular flexibility index (Phi) is 5.69. The van der Waals surface area contributed by atoms with Crippen molar-refractivity contribution in [2.75, 3.05) is 4.90 Å². The molecule has 140 valence electrons. The van der Waals surface area contributed by atoms with E-state index >= 15 is 0 Å². The van der Waals surface area contributed by atoms with Gasteiger partial charge in [0.15, 0.2) is 0 Å². The van der Waals surface area contributed by atoms with Crippen LogP contribution >= 0.6 is 0 Å². The van der Waals surface area contributed by atoms with Gasteiger partial charge in [-0.05, 0) is 29.3 Å². The number of rotatable bonds is 2. The van der Waals surface area contributed by atoms with Gasteiger partial charge in [-0.3, -0.25) is 4.79 Å². The van der Waals surface area contributed by atoms with E-state index in [9.17, 15) is 4.79 Å². The van der Waals surface area contributed by atoms with Gasteiger partial charge in [0.25, 0.3) is 0 Å². The average Bonchev–Trinajstić information content (AvgIpc) is 2.74. The average molecular weight is 375 g/mol. The lowest BCUT2D eigenvalue weighted by molar-refractivity contribution is -0.118. The SMILES string of the molecule is O=C(Cc1ccccccccc1)N1Cc2ccccc2C#Cc2ccccc21. The van der Waals surface area contributed by atoms with Crippen LogP contribution in [0.5, 0.6) is 0 Å². The molecule has 0 bridgehead atoms. The molecule has 3 aromatic carbocycles. The van der Waals surface area contributed by atoms with Crippen LogP contribution in [-0.2, 0) is 17.8 Å². The van der Waals surface area contributed by atoms with E-state index in [2.05, 4.69) is 11.8 Å². The second kappa shape index (κ2) is 8.91. The van der Waals surface area contributed by atoms with E-state index in [-0.39, 0.29) is 5.91 Å². The number of anilines is 1. The van der Waals surface area contributed by atoms with Crippen LogP contribution in [0, 0.1) is 11.8 Å². The van der Waals surface area contributed by atoms with Crippen LogP contribution < -0.4 is 4.90 Å². The second-order valence-corrected chi connectivity index (χ2v) is 6.84. The van der Waals surface area contributed by atoms with Crippen molar-refractivity contribution in [2.45, 2.75) is 13.0 Å². The van der Waals surface area contributed by atoms with Gasteiger partial charge in [0, 0.05) is 11.1 Å². The molecule has 2 heteroatoms.